The summed E-state index contributed by atoms with van der Waals surface area (Å²) in [5.41, 5.74) is 15.3. The molecule has 1 unspecified atom stereocenters. The van der Waals surface area contributed by atoms with E-state index in [1.807, 2.05) is 116 Å². The minimum absolute atomic E-state index is 0.0530. The average molecular weight is 1280 g/mol. The molecule has 2 fully saturated rings. The first-order valence-corrected chi connectivity index (χ1v) is 34.3. The second kappa shape index (κ2) is 31.7. The highest BCUT2D eigenvalue weighted by Gasteiger charge is 2.65. The molecule has 2 aliphatic heterocycles. The summed E-state index contributed by atoms with van der Waals surface area (Å²) in [6.45, 7) is 16.7. The number of carbonyl (C=O) groups excluding carboxylic acids is 4. The van der Waals surface area contributed by atoms with Crippen molar-refractivity contribution in [2.24, 2.45) is 23.5 Å². The van der Waals surface area contributed by atoms with Crippen LogP contribution < -0.4 is 20.1 Å². The van der Waals surface area contributed by atoms with Gasteiger partial charge in [-0.2, -0.15) is 0 Å². The predicted octanol–water partition coefficient (Wildman–Crippen LogP) is 13.4. The molecule has 1 saturated heterocycles. The quantitative estimate of drug-likeness (QED) is 0.0475. The lowest BCUT2D eigenvalue weighted by Crippen LogP contribution is -2.65. The highest BCUT2D eigenvalue weighted by atomic mass is 16.6. The number of anilines is 1. The van der Waals surface area contributed by atoms with Crippen LogP contribution in [0.1, 0.15) is 139 Å². The van der Waals surface area contributed by atoms with Gasteiger partial charge < -0.3 is 49.4 Å². The number of rotatable bonds is 18. The summed E-state index contributed by atoms with van der Waals surface area (Å²) in [5.74, 6) is 1.86. The summed E-state index contributed by atoms with van der Waals surface area (Å²) in [5, 5.41) is 9.77. The van der Waals surface area contributed by atoms with Gasteiger partial charge in [-0.05, 0) is 156 Å². The first-order valence-electron chi connectivity index (χ1n) is 34.3. The van der Waals surface area contributed by atoms with Gasteiger partial charge in [0, 0.05) is 105 Å². The van der Waals surface area contributed by atoms with E-state index in [1.165, 1.54) is 67.3 Å². The van der Waals surface area contributed by atoms with Crippen LogP contribution in [0.3, 0.4) is 0 Å². The van der Waals surface area contributed by atoms with Gasteiger partial charge >= 0.3 is 17.9 Å². The van der Waals surface area contributed by atoms with Crippen LogP contribution >= 0.6 is 0 Å². The topological polar surface area (TPSA) is 164 Å². The molecule has 14 nitrogen and oxygen atoms in total. The zero-order valence-electron chi connectivity index (χ0n) is 57.6. The molecule has 0 radical (unpaired) electrons. The number of carbonyl (C=O) groups is 4. The van der Waals surface area contributed by atoms with E-state index in [1.54, 1.807) is 0 Å². The molecule has 1 saturated carbocycles. The lowest BCUT2D eigenvalue weighted by molar-refractivity contribution is -0.168. The molecule has 1 spiro atoms. The minimum Gasteiger partial charge on any atom is -0.508 e. The molecule has 14 heteroatoms. The summed E-state index contributed by atoms with van der Waals surface area (Å²) in [4.78, 5) is 56.8. The number of phenols is 1. The zero-order chi connectivity index (χ0) is 67.3. The summed E-state index contributed by atoms with van der Waals surface area (Å²) >= 11 is 0. The molecule has 0 aromatic heterocycles. The molecule has 2 heterocycles. The molecule has 11 atom stereocenters. The molecular formula is C80H103N5O9. The highest BCUT2D eigenvalue weighted by molar-refractivity contribution is 5.93. The summed E-state index contributed by atoms with van der Waals surface area (Å²) < 4.78 is 23.7. The number of hydrogen-bond acceptors (Lipinski definition) is 13. The average Bonchev–Trinajstić information content (AvgIpc) is 1.47. The smallest absolute Gasteiger partial charge is 0.308 e. The third-order valence-electron chi connectivity index (χ3n) is 20.9. The third-order valence-corrected chi connectivity index (χ3v) is 20.9. The Bertz CT molecular complexity index is 3510. The second-order valence-electron chi connectivity index (χ2n) is 27.6. The van der Waals surface area contributed by atoms with Crippen LogP contribution in [0.25, 0.3) is 0 Å². The van der Waals surface area contributed by atoms with Gasteiger partial charge in [0.25, 0.3) is 0 Å². The van der Waals surface area contributed by atoms with E-state index in [-0.39, 0.29) is 58.6 Å². The van der Waals surface area contributed by atoms with Crippen molar-refractivity contribution in [3.05, 3.63) is 203 Å². The number of esters is 3. The first-order chi connectivity index (χ1) is 45.1. The summed E-state index contributed by atoms with van der Waals surface area (Å²) in [7, 11) is 8.41. The van der Waals surface area contributed by atoms with Crippen LogP contribution in [0.5, 0.6) is 17.2 Å². The van der Waals surface area contributed by atoms with E-state index in [4.69, 9.17) is 24.7 Å². The molecule has 4 aliphatic carbocycles. The number of amides is 1. The number of hydrogen-bond donors (Lipinski definition) is 2. The maximum absolute atomic E-state index is 12.4. The Hall–Kier alpha value is -7.62. The number of ether oxygens (including phenoxy) is 4. The normalized spacial score (nSPS) is 23.9. The van der Waals surface area contributed by atoms with Crippen molar-refractivity contribution in [2.45, 2.75) is 172 Å². The fourth-order valence-corrected chi connectivity index (χ4v) is 15.8. The molecule has 3 N–H and O–H groups in total. The monoisotopic (exact) mass is 1280 g/mol. The number of aromatic hydroxyl groups is 1. The highest BCUT2D eigenvalue weighted by Crippen LogP contribution is 2.63. The Labute approximate surface area is 559 Å². The van der Waals surface area contributed by atoms with E-state index < -0.39 is 11.7 Å². The molecule has 6 aromatic carbocycles. The molecule has 12 rings (SSSR count). The predicted molar refractivity (Wildman–Crippen MR) is 374 cm³/mol. The molecule has 1 amide bonds. The van der Waals surface area contributed by atoms with Gasteiger partial charge in [0.05, 0.1) is 0 Å². The number of nitrogens with two attached hydrogens (primary N) is 1. The van der Waals surface area contributed by atoms with Gasteiger partial charge in [0.15, 0.2) is 17.6 Å². The third kappa shape index (κ3) is 16.0. The molecule has 6 aliphatic rings. The molecule has 94 heavy (non-hydrogen) atoms. The molecule has 502 valence electrons. The lowest BCUT2D eigenvalue weighted by atomic mass is 9.53. The Morgan fingerprint density at radius 3 is 2.04 bits per heavy atom. The number of benzene rings is 6. The van der Waals surface area contributed by atoms with E-state index in [2.05, 4.69) is 130 Å². The van der Waals surface area contributed by atoms with Crippen molar-refractivity contribution in [1.82, 2.24) is 14.7 Å². The van der Waals surface area contributed by atoms with Gasteiger partial charge in [-0.25, -0.2) is 0 Å². The summed E-state index contributed by atoms with van der Waals surface area (Å²) in [6, 6.07) is 51.6. The van der Waals surface area contributed by atoms with Crippen molar-refractivity contribution in [1.29, 1.82) is 0 Å². The van der Waals surface area contributed by atoms with Crippen LogP contribution in [-0.4, -0.2) is 128 Å². The van der Waals surface area contributed by atoms with Crippen molar-refractivity contribution in [3.63, 3.8) is 0 Å². The van der Waals surface area contributed by atoms with Crippen molar-refractivity contribution in [3.8, 4) is 17.2 Å². The Kier molecular flexibility index (Phi) is 23.9. The number of nitrogens with zero attached hydrogens (tertiary/aromatic N) is 4. The van der Waals surface area contributed by atoms with Gasteiger partial charge in [-0.15, -0.1) is 0 Å². The number of piperidine rings is 1. The number of phenolic OH excluding ortho intramolecular Hbond substituents is 1. The fraction of sp³-hybridized carbons (Fsp3) is 0.475. The number of likely N-dealkylation sites (N-methyl/N-ethyl adjacent to an activating group) is 2. The zero-order valence-corrected chi connectivity index (χ0v) is 57.6. The number of para-hydroxylation sites is 1. The first kappa shape index (κ1) is 70.7. The Morgan fingerprint density at radius 1 is 0.755 bits per heavy atom. The van der Waals surface area contributed by atoms with Crippen LogP contribution in [-0.2, 0) is 70.8 Å². The standard InChI is InChI=1S/C22H29NO2.C21H28N2O.C21H23NO5.C16H23NO/c1-5-21(24)25-22(18(2)17-23(3)4,20-14-10-7-11-15-20)16-19-12-8-6-9-13-19;1-4-21(24)23(20-13-9-6-10-14-20)17-18(2)22(3)16-15-19-11-7-5-8-12-19;1-11(23)25-16-6-4-13-10-15-14-5-7-17(26-12(2)24)20-21(14,8-9-22(15)3)18(13)19(16)27-20;1-16-8-4-2-3-5-12(15(16)17)9-11-6-7-13(18)10-14(11)16/h6-15,18H,5,16-17H2,1-4H3;5-14,18H,4,15-17H2,1-3H3;4-7,14-15,17,20H,8-10H2,1-3H3;6-7,10,12,15,18H,2-5,8-9,17H2,1H3/t18-,22+;;14-,15+,17-,20-,21-;12-,15-,16+/m1.00/s1. The maximum atomic E-state index is 12.4. The van der Waals surface area contributed by atoms with Gasteiger partial charge in [-0.1, -0.05) is 174 Å². The fourth-order valence-electron chi connectivity index (χ4n) is 15.8. The Balaban J connectivity index is 0.000000149. The largest absolute Gasteiger partial charge is 0.508 e. The van der Waals surface area contributed by atoms with Gasteiger partial charge in [0.1, 0.15) is 17.5 Å². The molecule has 6 aromatic rings. The lowest BCUT2D eigenvalue weighted by Gasteiger charge is -2.56. The van der Waals surface area contributed by atoms with Crippen LogP contribution in [0.4, 0.5) is 5.69 Å². The number of likely N-dealkylation sites (tertiary alicyclic amines) is 1. The minimum atomic E-state index is -0.681. The van der Waals surface area contributed by atoms with Crippen LogP contribution in [0.15, 0.2) is 164 Å². The van der Waals surface area contributed by atoms with Gasteiger partial charge in [0.2, 0.25) is 5.91 Å². The van der Waals surface area contributed by atoms with E-state index in [0.29, 0.717) is 61.1 Å². The van der Waals surface area contributed by atoms with E-state index in [0.717, 1.165) is 68.6 Å². The maximum Gasteiger partial charge on any atom is 0.308 e. The number of fused-ring (bicyclic) bond motifs is 4. The SMILES string of the molecule is CC(=O)Oc1ccc2c3c1O[C@H]1[C@@H](OC(C)=O)C=C[C@H]4[C@@H](C2)N(C)CC[C@@]341.CCC(=O)N(CC(C)N(C)CCc1ccccc1)c1ccccc1.CCC(=O)O[C@](Cc1ccccc1)(c1ccccc1)[C@H](C)CN(C)C.C[C@@]12CCCCC[C@@H](Cc3ccc(O)cc31)[C@@H]2N. The van der Waals surface area contributed by atoms with Gasteiger partial charge in [-0.3, -0.25) is 19.2 Å². The molecule has 4 bridgehead atoms. The van der Waals surface area contributed by atoms with Crippen molar-refractivity contribution in [2.75, 3.05) is 59.3 Å². The van der Waals surface area contributed by atoms with Crippen LogP contribution in [0.2, 0.25) is 0 Å². The Morgan fingerprint density at radius 2 is 1.40 bits per heavy atom. The van der Waals surface area contributed by atoms with Crippen molar-refractivity contribution >= 4 is 29.5 Å². The van der Waals surface area contributed by atoms with Crippen LogP contribution in [0, 0.1) is 17.8 Å². The van der Waals surface area contributed by atoms with Crippen molar-refractivity contribution < 1.29 is 43.2 Å². The molecular weight excluding hydrogens is 1170 g/mol. The van der Waals surface area contributed by atoms with E-state index >= 15 is 0 Å². The summed E-state index contributed by atoms with van der Waals surface area (Å²) in [6.07, 6.45) is 15.3. The second-order valence-corrected chi connectivity index (χ2v) is 27.6. The van der Waals surface area contributed by atoms with E-state index in [9.17, 15) is 24.3 Å².